The van der Waals surface area contributed by atoms with Crippen LogP contribution in [-0.2, 0) is 0 Å². The molecule has 0 saturated heterocycles. The summed E-state index contributed by atoms with van der Waals surface area (Å²) in [6.07, 6.45) is 0. The lowest BCUT2D eigenvalue weighted by molar-refractivity contribution is 0.413. The van der Waals surface area contributed by atoms with Crippen LogP contribution in [0.15, 0.2) is 36.4 Å². The Morgan fingerprint density at radius 3 is 2.39 bits per heavy atom. The van der Waals surface area contributed by atoms with E-state index in [1.54, 1.807) is 44.4 Å². The van der Waals surface area contributed by atoms with Gasteiger partial charge in [-0.3, -0.25) is 0 Å². The van der Waals surface area contributed by atoms with Crippen molar-refractivity contribution in [1.82, 2.24) is 0 Å². The van der Waals surface area contributed by atoms with Crippen molar-refractivity contribution in [2.45, 2.75) is 6.92 Å². The van der Waals surface area contributed by atoms with Crippen molar-refractivity contribution in [2.75, 3.05) is 12.8 Å². The van der Waals surface area contributed by atoms with Crippen molar-refractivity contribution >= 4 is 5.69 Å². The molecule has 2 N–H and O–H groups in total. The highest BCUT2D eigenvalue weighted by molar-refractivity contribution is 5.57. The third-order valence-electron chi connectivity index (χ3n) is 2.57. The van der Waals surface area contributed by atoms with E-state index in [-0.39, 0.29) is 5.82 Å². The summed E-state index contributed by atoms with van der Waals surface area (Å²) in [7, 11) is 1.57. The van der Waals surface area contributed by atoms with Crippen molar-refractivity contribution < 1.29 is 13.9 Å². The maximum atomic E-state index is 13.1. The fraction of sp³-hybridized carbons (Fsp3) is 0.143. The lowest BCUT2D eigenvalue weighted by Gasteiger charge is -2.10. The summed E-state index contributed by atoms with van der Waals surface area (Å²) in [6, 6.07) is 9.69. The van der Waals surface area contributed by atoms with Crippen LogP contribution in [0.25, 0.3) is 0 Å². The second-order valence-electron chi connectivity index (χ2n) is 3.92. The van der Waals surface area contributed by atoms with Gasteiger partial charge in [0, 0.05) is 6.07 Å². The summed E-state index contributed by atoms with van der Waals surface area (Å²) in [5, 5.41) is 0. The molecule has 0 aliphatic rings. The lowest BCUT2D eigenvalue weighted by atomic mass is 10.2. The second-order valence-corrected chi connectivity index (χ2v) is 3.92. The maximum absolute atomic E-state index is 13.1. The van der Waals surface area contributed by atoms with Crippen LogP contribution >= 0.6 is 0 Å². The first-order valence-corrected chi connectivity index (χ1v) is 5.47. The summed E-state index contributed by atoms with van der Waals surface area (Å²) in [4.78, 5) is 0. The predicted octanol–water partition coefficient (Wildman–Crippen LogP) is 3.52. The first-order valence-electron chi connectivity index (χ1n) is 5.47. The molecule has 2 aromatic rings. The molecule has 0 radical (unpaired) electrons. The summed E-state index contributed by atoms with van der Waals surface area (Å²) in [5.41, 5.74) is 6.83. The first-order chi connectivity index (χ1) is 8.60. The van der Waals surface area contributed by atoms with Crippen LogP contribution in [0.4, 0.5) is 10.1 Å². The molecule has 0 fully saturated rings. The zero-order valence-electron chi connectivity index (χ0n) is 10.2. The summed E-state index contributed by atoms with van der Waals surface area (Å²) < 4.78 is 23.8. The van der Waals surface area contributed by atoms with E-state index in [0.717, 1.165) is 0 Å². The summed E-state index contributed by atoms with van der Waals surface area (Å²) >= 11 is 0. The number of hydrogen-bond acceptors (Lipinski definition) is 3. The minimum Gasteiger partial charge on any atom is -0.497 e. The van der Waals surface area contributed by atoms with E-state index in [4.69, 9.17) is 15.2 Å². The van der Waals surface area contributed by atoms with Crippen LogP contribution in [-0.4, -0.2) is 7.11 Å². The number of methoxy groups -OCH3 is 1. The molecular weight excluding hydrogens is 233 g/mol. The monoisotopic (exact) mass is 247 g/mol. The molecule has 0 unspecified atom stereocenters. The number of nitrogen functional groups attached to an aromatic ring is 1. The molecule has 0 saturated carbocycles. The predicted molar refractivity (Wildman–Crippen MR) is 68.6 cm³/mol. The van der Waals surface area contributed by atoms with Gasteiger partial charge >= 0.3 is 0 Å². The number of rotatable bonds is 3. The third-order valence-corrected chi connectivity index (χ3v) is 2.57. The van der Waals surface area contributed by atoms with Gasteiger partial charge < -0.3 is 15.2 Å². The molecule has 3 nitrogen and oxygen atoms in total. The van der Waals surface area contributed by atoms with Gasteiger partial charge in [0.2, 0.25) is 0 Å². The normalized spacial score (nSPS) is 10.2. The van der Waals surface area contributed by atoms with Crippen LogP contribution < -0.4 is 15.2 Å². The zero-order valence-corrected chi connectivity index (χ0v) is 10.2. The number of hydrogen-bond donors (Lipinski definition) is 1. The molecule has 0 spiro atoms. The van der Waals surface area contributed by atoms with Crippen molar-refractivity contribution in [3.8, 4) is 17.2 Å². The quantitative estimate of drug-likeness (QED) is 0.844. The molecule has 0 aliphatic heterocycles. The largest absolute Gasteiger partial charge is 0.497 e. The van der Waals surface area contributed by atoms with Gasteiger partial charge in [0.25, 0.3) is 0 Å². The fourth-order valence-electron chi connectivity index (χ4n) is 1.55. The Morgan fingerprint density at radius 2 is 1.78 bits per heavy atom. The van der Waals surface area contributed by atoms with E-state index in [1.165, 1.54) is 6.07 Å². The Hall–Kier alpha value is -2.23. The van der Waals surface area contributed by atoms with Gasteiger partial charge in [0.15, 0.2) is 5.75 Å². The molecule has 0 atom stereocenters. The molecule has 4 heteroatoms. The molecule has 0 amide bonds. The molecule has 0 aliphatic carbocycles. The molecule has 0 bridgehead atoms. The van der Waals surface area contributed by atoms with E-state index in [9.17, 15) is 4.39 Å². The summed E-state index contributed by atoms with van der Waals surface area (Å²) in [5.74, 6) is 1.47. The number of benzene rings is 2. The van der Waals surface area contributed by atoms with E-state index < -0.39 is 0 Å². The van der Waals surface area contributed by atoms with Crippen LogP contribution in [0, 0.1) is 12.7 Å². The Morgan fingerprint density at radius 1 is 1.06 bits per heavy atom. The van der Waals surface area contributed by atoms with Crippen molar-refractivity contribution in [1.29, 1.82) is 0 Å². The average molecular weight is 247 g/mol. The Labute approximate surface area is 105 Å². The third kappa shape index (κ3) is 2.53. The van der Waals surface area contributed by atoms with Gasteiger partial charge in [0.1, 0.15) is 17.3 Å². The number of nitrogens with two attached hydrogens (primary N) is 1. The van der Waals surface area contributed by atoms with Crippen LogP contribution in [0.3, 0.4) is 0 Å². The van der Waals surface area contributed by atoms with Crippen LogP contribution in [0.2, 0.25) is 0 Å². The zero-order chi connectivity index (χ0) is 13.1. The van der Waals surface area contributed by atoms with Crippen molar-refractivity contribution in [3.63, 3.8) is 0 Å². The highest BCUT2D eigenvalue weighted by Crippen LogP contribution is 2.31. The van der Waals surface area contributed by atoms with E-state index >= 15 is 0 Å². The van der Waals surface area contributed by atoms with Gasteiger partial charge in [-0.15, -0.1) is 0 Å². The number of halogens is 1. The van der Waals surface area contributed by atoms with E-state index in [2.05, 4.69) is 0 Å². The molecule has 94 valence electrons. The maximum Gasteiger partial charge on any atom is 0.150 e. The Balaban J connectivity index is 2.25. The fourth-order valence-corrected chi connectivity index (χ4v) is 1.55. The average Bonchev–Trinajstić information content (AvgIpc) is 2.36. The molecule has 18 heavy (non-hydrogen) atoms. The van der Waals surface area contributed by atoms with Crippen molar-refractivity contribution in [2.24, 2.45) is 0 Å². The van der Waals surface area contributed by atoms with Gasteiger partial charge in [-0.2, -0.15) is 0 Å². The van der Waals surface area contributed by atoms with Gasteiger partial charge in [-0.1, -0.05) is 0 Å². The summed E-state index contributed by atoms with van der Waals surface area (Å²) in [6.45, 7) is 1.68. The molecule has 0 aromatic heterocycles. The van der Waals surface area contributed by atoms with Gasteiger partial charge in [0.05, 0.1) is 12.8 Å². The molecule has 0 heterocycles. The molecule has 2 rings (SSSR count). The smallest absolute Gasteiger partial charge is 0.150 e. The van der Waals surface area contributed by atoms with E-state index in [1.807, 2.05) is 0 Å². The van der Waals surface area contributed by atoms with Crippen molar-refractivity contribution in [3.05, 3.63) is 47.8 Å². The minimum absolute atomic E-state index is 0.259. The lowest BCUT2D eigenvalue weighted by Crippen LogP contribution is -1.94. The van der Waals surface area contributed by atoms with Crippen LogP contribution in [0.5, 0.6) is 17.2 Å². The Bertz CT molecular complexity index is 570. The number of ether oxygens (including phenoxy) is 2. The second kappa shape index (κ2) is 4.96. The molecule has 2 aromatic carbocycles. The standard InChI is InChI=1S/C14H14FNO2/c1-9-7-11(3-5-12(9)15)18-14-6-4-10(17-2)8-13(14)16/h3-8H,16H2,1-2H3. The highest BCUT2D eigenvalue weighted by Gasteiger charge is 2.05. The Kier molecular flexibility index (Phi) is 3.37. The SMILES string of the molecule is COc1ccc(Oc2ccc(F)c(C)c2)c(N)c1. The van der Waals surface area contributed by atoms with E-state index in [0.29, 0.717) is 28.5 Å². The minimum atomic E-state index is -0.259. The number of anilines is 1. The molecular formula is C14H14FNO2. The topological polar surface area (TPSA) is 44.5 Å². The van der Waals surface area contributed by atoms with Crippen LogP contribution in [0.1, 0.15) is 5.56 Å². The van der Waals surface area contributed by atoms with Gasteiger partial charge in [-0.05, 0) is 42.8 Å². The number of aryl methyl sites for hydroxylation is 1. The highest BCUT2D eigenvalue weighted by atomic mass is 19.1. The first kappa shape index (κ1) is 12.2. The van der Waals surface area contributed by atoms with Gasteiger partial charge in [-0.25, -0.2) is 4.39 Å².